The molecule has 0 saturated heterocycles. The summed E-state index contributed by atoms with van der Waals surface area (Å²) in [6, 6.07) is 2.59. The van der Waals surface area contributed by atoms with Gasteiger partial charge in [-0.15, -0.1) is 4.91 Å². The number of nitrogens with one attached hydrogen (secondary N) is 1. The molecule has 0 saturated carbocycles. The molecule has 1 amide bonds. The van der Waals surface area contributed by atoms with Gasteiger partial charge in [0.05, 0.1) is 6.61 Å². The second kappa shape index (κ2) is 8.76. The highest BCUT2D eigenvalue weighted by atomic mass is 19.4. The highest BCUT2D eigenvalue weighted by molar-refractivity contribution is 5.86. The molecule has 0 spiro atoms. The normalized spacial score (nSPS) is 13.4. The average Bonchev–Trinajstić information content (AvgIpc) is 2.55. The van der Waals surface area contributed by atoms with Crippen LogP contribution in [0, 0.1) is 4.91 Å². The second-order valence-electron chi connectivity index (χ2n) is 4.75. The lowest BCUT2D eigenvalue weighted by Gasteiger charge is -2.16. The summed E-state index contributed by atoms with van der Waals surface area (Å²) in [6.07, 6.45) is -5.25. The molecule has 25 heavy (non-hydrogen) atoms. The predicted octanol–water partition coefficient (Wildman–Crippen LogP) is 1.59. The van der Waals surface area contributed by atoms with Crippen molar-refractivity contribution in [1.29, 1.82) is 0 Å². The minimum atomic E-state index is -5.19. The number of carbonyl (C=O) groups excluding carboxylic acids is 2. The lowest BCUT2D eigenvalue weighted by Crippen LogP contribution is -2.47. The van der Waals surface area contributed by atoms with Gasteiger partial charge in [0.1, 0.15) is 11.8 Å². The van der Waals surface area contributed by atoms with Crippen LogP contribution in [0.25, 0.3) is 0 Å². The Kier molecular flexibility index (Phi) is 7.03. The largest absolute Gasteiger partial charge is 0.494 e. The fourth-order valence-corrected chi connectivity index (χ4v) is 1.72. The molecule has 1 aromatic rings. The van der Waals surface area contributed by atoms with Gasteiger partial charge in [0.2, 0.25) is 0 Å². The van der Waals surface area contributed by atoms with E-state index in [1.54, 1.807) is 0 Å². The molecule has 0 heterocycles. The highest BCUT2D eigenvalue weighted by Crippen LogP contribution is 2.19. The first-order chi connectivity index (χ1) is 11.7. The standard InChI is InChI=1S/C14H13F3N2O6/c15-14(16,17)13(23)18-10(12(21)22)5-6-25-9-3-1-8(2-4-9)11(7-20)19-24/h1-4,7,10-11H,5-6H2,(H,18,23)(H,21,22). The maximum absolute atomic E-state index is 12.1. The number of benzene rings is 1. The van der Waals surface area contributed by atoms with Crippen molar-refractivity contribution < 1.29 is 37.4 Å². The average molecular weight is 362 g/mol. The number of rotatable bonds is 9. The quantitative estimate of drug-likeness (QED) is 0.508. The Morgan fingerprint density at radius 2 is 1.88 bits per heavy atom. The molecule has 11 heteroatoms. The lowest BCUT2D eigenvalue weighted by atomic mass is 10.1. The number of carboxylic acids is 1. The molecule has 0 aromatic heterocycles. The van der Waals surface area contributed by atoms with Gasteiger partial charge in [-0.25, -0.2) is 4.79 Å². The number of aldehydes is 1. The number of halogens is 3. The van der Waals surface area contributed by atoms with Crippen LogP contribution in [-0.2, 0) is 14.4 Å². The van der Waals surface area contributed by atoms with E-state index in [4.69, 9.17) is 9.84 Å². The molecular weight excluding hydrogens is 349 g/mol. The third-order valence-corrected chi connectivity index (χ3v) is 3.00. The SMILES string of the molecule is O=CC(N=O)c1ccc(OCCC(NC(=O)C(F)(F)F)C(=O)O)cc1. The van der Waals surface area contributed by atoms with Gasteiger partial charge in [0, 0.05) is 6.42 Å². The molecule has 0 fully saturated rings. The van der Waals surface area contributed by atoms with Gasteiger partial charge in [-0.05, 0) is 17.7 Å². The van der Waals surface area contributed by atoms with Crippen molar-refractivity contribution in [2.24, 2.45) is 5.18 Å². The van der Waals surface area contributed by atoms with Crippen LogP contribution < -0.4 is 10.1 Å². The fourth-order valence-electron chi connectivity index (χ4n) is 1.72. The van der Waals surface area contributed by atoms with E-state index in [0.29, 0.717) is 11.8 Å². The Bertz CT molecular complexity index is 624. The van der Waals surface area contributed by atoms with E-state index in [2.05, 4.69) is 5.18 Å². The predicted molar refractivity (Wildman–Crippen MR) is 76.8 cm³/mol. The minimum Gasteiger partial charge on any atom is -0.494 e. The number of nitroso groups, excluding NO2 is 1. The molecule has 2 N–H and O–H groups in total. The maximum atomic E-state index is 12.1. The van der Waals surface area contributed by atoms with E-state index >= 15 is 0 Å². The Morgan fingerprint density at radius 1 is 1.28 bits per heavy atom. The third-order valence-electron chi connectivity index (χ3n) is 3.00. The number of alkyl halides is 3. The summed E-state index contributed by atoms with van der Waals surface area (Å²) >= 11 is 0. The number of aliphatic carboxylic acids is 1. The zero-order valence-electron chi connectivity index (χ0n) is 12.5. The molecule has 2 atom stereocenters. The number of ether oxygens (including phenoxy) is 1. The number of hydrogen-bond acceptors (Lipinski definition) is 6. The van der Waals surface area contributed by atoms with Gasteiger partial charge in [0.15, 0.2) is 12.3 Å². The third kappa shape index (κ3) is 6.20. The van der Waals surface area contributed by atoms with Crippen molar-refractivity contribution in [3.8, 4) is 5.75 Å². The van der Waals surface area contributed by atoms with E-state index in [1.807, 2.05) is 0 Å². The van der Waals surface area contributed by atoms with Crippen molar-refractivity contribution in [2.75, 3.05) is 6.61 Å². The number of carboxylic acid groups (broad SMARTS) is 1. The van der Waals surface area contributed by atoms with Crippen LogP contribution in [-0.4, -0.2) is 42.1 Å². The van der Waals surface area contributed by atoms with Crippen LogP contribution >= 0.6 is 0 Å². The van der Waals surface area contributed by atoms with Gasteiger partial charge in [0.25, 0.3) is 0 Å². The van der Waals surface area contributed by atoms with Crippen molar-refractivity contribution in [1.82, 2.24) is 5.32 Å². The van der Waals surface area contributed by atoms with Gasteiger partial charge in [-0.3, -0.25) is 4.79 Å². The summed E-state index contributed by atoms with van der Waals surface area (Å²) in [5.74, 6) is -3.77. The molecule has 8 nitrogen and oxygen atoms in total. The molecule has 0 aliphatic heterocycles. The summed E-state index contributed by atoms with van der Waals surface area (Å²) in [7, 11) is 0. The maximum Gasteiger partial charge on any atom is 0.471 e. The van der Waals surface area contributed by atoms with Crippen LogP contribution in [0.3, 0.4) is 0 Å². The van der Waals surface area contributed by atoms with Gasteiger partial charge in [-0.2, -0.15) is 13.2 Å². The van der Waals surface area contributed by atoms with E-state index in [1.165, 1.54) is 29.6 Å². The van der Waals surface area contributed by atoms with Gasteiger partial charge >= 0.3 is 18.1 Å². The van der Waals surface area contributed by atoms with E-state index in [-0.39, 0.29) is 12.4 Å². The summed E-state index contributed by atoms with van der Waals surface area (Å²) < 4.78 is 41.6. The fraction of sp³-hybridized carbons (Fsp3) is 0.357. The number of carbonyl (C=O) groups is 3. The minimum absolute atomic E-state index is 0.227. The molecule has 0 radical (unpaired) electrons. The topological polar surface area (TPSA) is 122 Å². The highest BCUT2D eigenvalue weighted by Gasteiger charge is 2.40. The molecule has 2 unspecified atom stereocenters. The first kappa shape index (κ1) is 20.1. The first-order valence-corrected chi connectivity index (χ1v) is 6.80. The van der Waals surface area contributed by atoms with Crippen molar-refractivity contribution in [3.63, 3.8) is 0 Å². The Morgan fingerprint density at radius 3 is 2.32 bits per heavy atom. The summed E-state index contributed by atoms with van der Waals surface area (Å²) in [5.41, 5.74) is 0.318. The Balaban J connectivity index is 2.59. The van der Waals surface area contributed by atoms with E-state index < -0.39 is 36.6 Å². The van der Waals surface area contributed by atoms with Crippen molar-refractivity contribution >= 4 is 18.2 Å². The lowest BCUT2D eigenvalue weighted by molar-refractivity contribution is -0.175. The number of hydrogen-bond donors (Lipinski definition) is 2. The smallest absolute Gasteiger partial charge is 0.471 e. The van der Waals surface area contributed by atoms with E-state index in [9.17, 15) is 32.5 Å². The molecule has 0 aliphatic rings. The Hall–Kier alpha value is -2.98. The van der Waals surface area contributed by atoms with Crippen LogP contribution in [0.15, 0.2) is 29.4 Å². The molecule has 136 valence electrons. The number of nitrogens with zero attached hydrogens (tertiary/aromatic N) is 1. The van der Waals surface area contributed by atoms with Gasteiger partial charge in [-0.1, -0.05) is 17.3 Å². The Labute approximate surface area is 138 Å². The zero-order valence-corrected chi connectivity index (χ0v) is 12.5. The molecule has 1 rings (SSSR count). The molecule has 1 aromatic carbocycles. The van der Waals surface area contributed by atoms with Crippen LogP contribution in [0.1, 0.15) is 18.0 Å². The van der Waals surface area contributed by atoms with Crippen molar-refractivity contribution in [3.05, 3.63) is 34.7 Å². The van der Waals surface area contributed by atoms with Gasteiger partial charge < -0.3 is 20.0 Å². The van der Waals surface area contributed by atoms with Crippen LogP contribution in [0.4, 0.5) is 13.2 Å². The van der Waals surface area contributed by atoms with Crippen LogP contribution in [0.2, 0.25) is 0 Å². The summed E-state index contributed by atoms with van der Waals surface area (Å²) in [4.78, 5) is 42.7. The molecular formula is C14H13F3N2O6. The summed E-state index contributed by atoms with van der Waals surface area (Å²) in [6.45, 7) is -0.294. The van der Waals surface area contributed by atoms with Crippen molar-refractivity contribution in [2.45, 2.75) is 24.7 Å². The van der Waals surface area contributed by atoms with Crippen LogP contribution in [0.5, 0.6) is 5.75 Å². The first-order valence-electron chi connectivity index (χ1n) is 6.80. The van der Waals surface area contributed by atoms with E-state index in [0.717, 1.165) is 0 Å². The molecule has 0 bridgehead atoms. The monoisotopic (exact) mass is 362 g/mol. The zero-order chi connectivity index (χ0) is 19.0. The molecule has 0 aliphatic carbocycles. The summed E-state index contributed by atoms with van der Waals surface area (Å²) in [5, 5.41) is 12.8. The second-order valence-corrected chi connectivity index (χ2v) is 4.75. The number of amides is 1.